The fourth-order valence-corrected chi connectivity index (χ4v) is 6.39. The molecule has 0 bridgehead atoms. The van der Waals surface area contributed by atoms with E-state index < -0.39 is 53.0 Å². The number of fused-ring (bicyclic) bond motifs is 1. The molecule has 1 fully saturated rings. The molecule has 224 valence electrons. The van der Waals surface area contributed by atoms with E-state index in [0.29, 0.717) is 22.0 Å². The van der Waals surface area contributed by atoms with Crippen molar-refractivity contribution in [2.75, 3.05) is 11.5 Å². The van der Waals surface area contributed by atoms with Crippen molar-refractivity contribution in [3.05, 3.63) is 47.2 Å². The summed E-state index contributed by atoms with van der Waals surface area (Å²) in [5, 5.41) is 26.0. The van der Waals surface area contributed by atoms with Crippen molar-refractivity contribution in [1.29, 1.82) is 0 Å². The molecule has 18 heteroatoms. The zero-order valence-corrected chi connectivity index (χ0v) is 24.6. The first-order chi connectivity index (χ1) is 19.9. The van der Waals surface area contributed by atoms with E-state index in [1.807, 2.05) is 0 Å². The van der Waals surface area contributed by atoms with Gasteiger partial charge in [-0.05, 0) is 42.3 Å². The van der Waals surface area contributed by atoms with Crippen LogP contribution in [0.4, 0.5) is 9.59 Å². The summed E-state index contributed by atoms with van der Waals surface area (Å²) < 4.78 is 6.52. The average Bonchev–Trinajstić information content (AvgIpc) is 3.35. The lowest BCUT2D eigenvalue weighted by atomic mass is 10.0. The highest BCUT2D eigenvalue weighted by molar-refractivity contribution is 8.01. The number of aromatic nitrogens is 4. The molecule has 0 aliphatic carbocycles. The van der Waals surface area contributed by atoms with Crippen LogP contribution in [0.15, 0.2) is 46.8 Å². The van der Waals surface area contributed by atoms with Crippen LogP contribution in [-0.4, -0.2) is 88.6 Å². The third-order valence-electron chi connectivity index (χ3n) is 5.85. The number of rotatable bonds is 8. The third-order valence-corrected chi connectivity index (χ3v) is 8.29. The summed E-state index contributed by atoms with van der Waals surface area (Å²) in [5.41, 5.74) is 4.21. The zero-order chi connectivity index (χ0) is 30.6. The molecule has 2 aromatic rings. The highest BCUT2D eigenvalue weighted by Gasteiger charge is 2.54. The van der Waals surface area contributed by atoms with Gasteiger partial charge in [0.25, 0.3) is 5.91 Å². The van der Waals surface area contributed by atoms with Crippen molar-refractivity contribution in [1.82, 2.24) is 46.6 Å². The summed E-state index contributed by atoms with van der Waals surface area (Å²) in [6.45, 7) is 4.97. The number of hydrazine groups is 1. The van der Waals surface area contributed by atoms with Gasteiger partial charge in [-0.2, -0.15) is 0 Å². The number of tetrazole rings is 1. The molecule has 42 heavy (non-hydrogen) atoms. The number of hydrogen-bond donors (Lipinski definition) is 5. The maximum Gasteiger partial charge on any atom is 0.426 e. The number of β-lactam (4-membered cyclic amide) rings is 1. The molecule has 2 aliphatic rings. The first-order valence-electron chi connectivity index (χ1n) is 12.5. The zero-order valence-electron chi connectivity index (χ0n) is 23.0. The number of nitrogens with zero attached hydrogens (tertiary/aromatic N) is 5. The Morgan fingerprint density at radius 1 is 1.19 bits per heavy atom. The highest BCUT2D eigenvalue weighted by Crippen LogP contribution is 2.41. The van der Waals surface area contributed by atoms with E-state index in [0.717, 1.165) is 4.90 Å². The fraction of sp³-hybridized carbons (Fsp3) is 0.417. The maximum absolute atomic E-state index is 13.4. The number of ether oxygens (including phenoxy) is 1. The monoisotopic (exact) mass is 619 g/mol. The Morgan fingerprint density at radius 3 is 2.52 bits per heavy atom. The summed E-state index contributed by atoms with van der Waals surface area (Å²) >= 11 is 2.55. The second-order valence-corrected chi connectivity index (χ2v) is 12.1. The largest absolute Gasteiger partial charge is 0.477 e. The minimum atomic E-state index is -1.26. The summed E-state index contributed by atoms with van der Waals surface area (Å²) in [5.74, 6) is -2.00. The molecule has 16 nitrogen and oxygen atoms in total. The van der Waals surface area contributed by atoms with E-state index >= 15 is 0 Å². The van der Waals surface area contributed by atoms with Crippen molar-refractivity contribution >= 4 is 53.4 Å². The number of carboxylic acids is 1. The van der Waals surface area contributed by atoms with E-state index in [-0.39, 0.29) is 11.4 Å². The normalized spacial score (nSPS) is 18.8. The van der Waals surface area contributed by atoms with Crippen LogP contribution in [0.3, 0.4) is 0 Å². The Kier molecular flexibility index (Phi) is 9.25. The Hall–Kier alpha value is -4.32. The number of urea groups is 1. The van der Waals surface area contributed by atoms with Gasteiger partial charge in [0.15, 0.2) is 0 Å². The lowest BCUT2D eigenvalue weighted by Gasteiger charge is -2.49. The van der Waals surface area contributed by atoms with Gasteiger partial charge in [0, 0.05) is 18.6 Å². The predicted octanol–water partition coefficient (Wildman–Crippen LogP) is 0.521. The fourth-order valence-electron chi connectivity index (χ4n) is 4.05. The number of nitrogens with one attached hydrogen (secondary N) is 4. The van der Waals surface area contributed by atoms with Gasteiger partial charge in [-0.15, -0.1) is 16.9 Å². The van der Waals surface area contributed by atoms with Crippen LogP contribution in [0.2, 0.25) is 0 Å². The second kappa shape index (κ2) is 12.7. The van der Waals surface area contributed by atoms with Crippen molar-refractivity contribution in [3.8, 4) is 0 Å². The van der Waals surface area contributed by atoms with Crippen LogP contribution in [0.1, 0.15) is 32.4 Å². The molecule has 1 aromatic heterocycles. The van der Waals surface area contributed by atoms with E-state index in [9.17, 15) is 29.1 Å². The minimum absolute atomic E-state index is 0.137. The number of benzene rings is 1. The van der Waals surface area contributed by atoms with Gasteiger partial charge in [0.05, 0.1) is 0 Å². The van der Waals surface area contributed by atoms with Crippen molar-refractivity contribution in [3.63, 3.8) is 0 Å². The van der Waals surface area contributed by atoms with Crippen LogP contribution >= 0.6 is 23.5 Å². The van der Waals surface area contributed by atoms with Gasteiger partial charge in [0.1, 0.15) is 28.8 Å². The molecule has 0 saturated carbocycles. The van der Waals surface area contributed by atoms with Gasteiger partial charge >= 0.3 is 18.1 Å². The SMILES string of the molecule is Cn1nnnc1SCC1=C(C(=O)O)N2C(=O)[C@H](NC(=O)C(NC(=O)NNC(=O)OC(C)(C)C)c3ccccc3)C2SC1. The summed E-state index contributed by atoms with van der Waals surface area (Å²) in [4.78, 5) is 64.3. The molecule has 3 heterocycles. The Morgan fingerprint density at radius 2 is 1.90 bits per heavy atom. The molecular weight excluding hydrogens is 590 g/mol. The Labute approximate surface area is 248 Å². The van der Waals surface area contributed by atoms with Gasteiger partial charge in [0.2, 0.25) is 11.1 Å². The van der Waals surface area contributed by atoms with Gasteiger partial charge in [-0.1, -0.05) is 42.1 Å². The number of amides is 5. The van der Waals surface area contributed by atoms with Gasteiger partial charge in [-0.25, -0.2) is 29.9 Å². The number of thioether (sulfide) groups is 2. The number of aliphatic carboxylic acids is 1. The lowest BCUT2D eigenvalue weighted by molar-refractivity contribution is -0.151. The molecule has 1 saturated heterocycles. The number of carbonyl (C=O) groups is 5. The molecule has 0 spiro atoms. The quantitative estimate of drug-likeness (QED) is 0.156. The molecule has 1 aromatic carbocycles. The van der Waals surface area contributed by atoms with E-state index in [4.69, 9.17) is 4.74 Å². The number of aryl methyl sites for hydroxylation is 1. The lowest BCUT2D eigenvalue weighted by Crippen LogP contribution is -2.71. The Bertz CT molecular complexity index is 1410. The topological polar surface area (TPSA) is 210 Å². The first kappa shape index (κ1) is 30.6. The average molecular weight is 620 g/mol. The van der Waals surface area contributed by atoms with Crippen LogP contribution in [-0.2, 0) is 26.2 Å². The van der Waals surface area contributed by atoms with Crippen molar-refractivity contribution in [2.45, 2.75) is 49.0 Å². The predicted molar refractivity (Wildman–Crippen MR) is 149 cm³/mol. The van der Waals surface area contributed by atoms with Gasteiger partial charge < -0.3 is 20.5 Å². The molecule has 2 aliphatic heterocycles. The van der Waals surface area contributed by atoms with Crippen LogP contribution < -0.4 is 21.5 Å². The molecular formula is C24H29N9O7S2. The molecule has 2 unspecified atom stereocenters. The summed E-state index contributed by atoms with van der Waals surface area (Å²) in [6, 6.07) is 5.11. The summed E-state index contributed by atoms with van der Waals surface area (Å²) in [7, 11) is 1.66. The van der Waals surface area contributed by atoms with Crippen molar-refractivity contribution in [2.24, 2.45) is 7.05 Å². The molecule has 3 atom stereocenters. The smallest absolute Gasteiger partial charge is 0.426 e. The minimum Gasteiger partial charge on any atom is -0.477 e. The summed E-state index contributed by atoms with van der Waals surface area (Å²) in [6.07, 6.45) is -0.902. The van der Waals surface area contributed by atoms with E-state index in [1.165, 1.54) is 28.2 Å². The standard InChI is InChI=1S/C24H29N9O7S2/c1-24(2,3)40-23(39)29-27-21(38)26-14(12-8-6-5-7-9-12)17(34)25-15-18(35)33-16(20(36)37)13(10-41-19(15)33)11-42-22-28-30-31-32(22)4/h5-9,14-15,19H,10-11H2,1-4H3,(H,25,34)(H,29,39)(H,36,37)(H2,26,27,38)/t14?,15-,19?/m0/s1. The molecule has 5 amide bonds. The van der Waals surface area contributed by atoms with Crippen LogP contribution in [0.25, 0.3) is 0 Å². The number of carboxylic acid groups (broad SMARTS) is 1. The van der Waals surface area contributed by atoms with Crippen LogP contribution in [0, 0.1) is 0 Å². The Balaban J connectivity index is 1.43. The van der Waals surface area contributed by atoms with Crippen molar-refractivity contribution < 1.29 is 33.8 Å². The molecule has 5 N–H and O–H groups in total. The number of carbonyl (C=O) groups excluding carboxylic acids is 4. The highest BCUT2D eigenvalue weighted by atomic mass is 32.2. The third kappa shape index (κ3) is 7.11. The second-order valence-electron chi connectivity index (χ2n) is 10.1. The molecule has 4 rings (SSSR count). The number of hydrogen-bond acceptors (Lipinski definition) is 11. The van der Waals surface area contributed by atoms with Crippen LogP contribution in [0.5, 0.6) is 0 Å². The first-order valence-corrected chi connectivity index (χ1v) is 14.5. The van der Waals surface area contributed by atoms with E-state index in [2.05, 4.69) is 37.0 Å². The van der Waals surface area contributed by atoms with E-state index in [1.54, 1.807) is 58.2 Å². The maximum atomic E-state index is 13.4. The van der Waals surface area contributed by atoms with Gasteiger partial charge in [-0.3, -0.25) is 14.5 Å². The molecule has 0 radical (unpaired) electrons.